The molecule has 0 unspecified atom stereocenters. The summed E-state index contributed by atoms with van der Waals surface area (Å²) in [4.78, 5) is 25.2. The molecule has 0 atom stereocenters. The van der Waals surface area contributed by atoms with Crippen LogP contribution in [0.4, 0.5) is 0 Å². The first-order chi connectivity index (χ1) is 14.1. The van der Waals surface area contributed by atoms with Crippen molar-refractivity contribution in [3.63, 3.8) is 0 Å². The first kappa shape index (κ1) is 21.2. The molecule has 6 nitrogen and oxygen atoms in total. The largest absolute Gasteiger partial charge is 0.452 e. The summed E-state index contributed by atoms with van der Waals surface area (Å²) in [5.41, 5.74) is 2.66. The summed E-state index contributed by atoms with van der Waals surface area (Å²) in [6.45, 7) is 2.13. The number of amides is 1. The smallest absolute Gasteiger partial charge is 0.339 e. The van der Waals surface area contributed by atoms with E-state index in [9.17, 15) is 9.59 Å². The molecule has 0 radical (unpaired) electrons. The van der Waals surface area contributed by atoms with Gasteiger partial charge in [-0.2, -0.15) is 0 Å². The van der Waals surface area contributed by atoms with E-state index in [4.69, 9.17) is 9.26 Å². The summed E-state index contributed by atoms with van der Waals surface area (Å²) in [6, 6.07) is 9.05. The normalized spacial score (nSPS) is 13.6. The lowest BCUT2D eigenvalue weighted by atomic mass is 9.97. The quantitative estimate of drug-likeness (QED) is 0.371. The van der Waals surface area contributed by atoms with Crippen molar-refractivity contribution in [3.05, 3.63) is 59.0 Å². The van der Waals surface area contributed by atoms with Gasteiger partial charge in [0, 0.05) is 23.3 Å². The summed E-state index contributed by atoms with van der Waals surface area (Å²) in [5, 5.41) is 6.78. The van der Waals surface area contributed by atoms with Crippen LogP contribution in [0.15, 0.2) is 51.4 Å². The highest BCUT2D eigenvalue weighted by Gasteiger charge is 2.15. The van der Waals surface area contributed by atoms with Crippen molar-refractivity contribution in [1.29, 1.82) is 0 Å². The highest BCUT2D eigenvalue weighted by Crippen LogP contribution is 2.26. The van der Waals surface area contributed by atoms with E-state index in [1.165, 1.54) is 30.2 Å². The van der Waals surface area contributed by atoms with E-state index < -0.39 is 5.97 Å². The molecule has 1 aliphatic carbocycles. The zero-order valence-corrected chi connectivity index (χ0v) is 17.4. The second kappa shape index (κ2) is 10.9. The number of aromatic nitrogens is 1. The van der Waals surface area contributed by atoms with Crippen molar-refractivity contribution in [2.75, 3.05) is 13.2 Å². The standard InChI is InChI=1S/C22H26N2O4S/c1-16-13-18(24-28-16)15-29-20-10-6-5-9-19(20)22(26)27-14-21(25)23-12-11-17-7-3-2-4-8-17/h5-7,9-10,13H,2-4,8,11-12,14-15H2,1H3,(H,23,25). The third-order valence-corrected chi connectivity index (χ3v) is 5.75. The number of ether oxygens (including phenoxy) is 1. The fourth-order valence-corrected chi connectivity index (χ4v) is 4.07. The monoisotopic (exact) mass is 414 g/mol. The zero-order valence-electron chi connectivity index (χ0n) is 16.6. The highest BCUT2D eigenvalue weighted by atomic mass is 32.2. The van der Waals surface area contributed by atoms with Gasteiger partial charge in [0.25, 0.3) is 5.91 Å². The Bertz CT molecular complexity index is 875. The van der Waals surface area contributed by atoms with E-state index in [2.05, 4.69) is 16.5 Å². The van der Waals surface area contributed by atoms with Crippen LogP contribution < -0.4 is 5.32 Å². The lowest BCUT2D eigenvalue weighted by Gasteiger charge is -2.13. The molecule has 0 spiro atoms. The molecule has 0 fully saturated rings. The molecule has 29 heavy (non-hydrogen) atoms. The topological polar surface area (TPSA) is 81.4 Å². The Hall–Kier alpha value is -2.54. The fourth-order valence-electron chi connectivity index (χ4n) is 3.15. The van der Waals surface area contributed by atoms with Gasteiger partial charge in [0.2, 0.25) is 0 Å². The second-order valence-electron chi connectivity index (χ2n) is 7.00. The summed E-state index contributed by atoms with van der Waals surface area (Å²) in [5.74, 6) is 0.546. The van der Waals surface area contributed by atoms with Crippen molar-refractivity contribution in [2.45, 2.75) is 49.7 Å². The number of hydrogen-bond acceptors (Lipinski definition) is 6. The number of benzene rings is 1. The predicted octanol–water partition coefficient (Wildman–Crippen LogP) is 4.44. The number of aryl methyl sites for hydroxylation is 1. The Morgan fingerprint density at radius 3 is 2.90 bits per heavy atom. The Balaban J connectivity index is 1.44. The number of carbonyl (C=O) groups is 2. The first-order valence-corrected chi connectivity index (χ1v) is 10.9. The Labute approximate surface area is 175 Å². The molecule has 1 N–H and O–H groups in total. The van der Waals surface area contributed by atoms with Crippen molar-refractivity contribution in [3.8, 4) is 0 Å². The molecule has 0 saturated heterocycles. The van der Waals surface area contributed by atoms with Crippen LogP contribution in [0, 0.1) is 6.92 Å². The maximum atomic E-state index is 12.4. The predicted molar refractivity (Wildman–Crippen MR) is 112 cm³/mol. The molecule has 2 aromatic rings. The number of nitrogens with zero attached hydrogens (tertiary/aromatic N) is 1. The average Bonchev–Trinajstić information content (AvgIpc) is 3.16. The van der Waals surface area contributed by atoms with E-state index in [1.54, 1.807) is 12.1 Å². The third kappa shape index (κ3) is 6.78. The second-order valence-corrected chi connectivity index (χ2v) is 8.02. The SMILES string of the molecule is Cc1cc(CSc2ccccc2C(=O)OCC(=O)NCCC2=CCCCC2)no1. The molecular weight excluding hydrogens is 388 g/mol. The van der Waals surface area contributed by atoms with E-state index in [1.807, 2.05) is 25.1 Å². The van der Waals surface area contributed by atoms with Gasteiger partial charge in [-0.05, 0) is 51.2 Å². The van der Waals surface area contributed by atoms with Gasteiger partial charge in [-0.25, -0.2) is 4.79 Å². The molecule has 1 amide bonds. The molecule has 1 aromatic carbocycles. The first-order valence-electron chi connectivity index (χ1n) is 9.87. The summed E-state index contributed by atoms with van der Waals surface area (Å²) >= 11 is 1.48. The number of allylic oxidation sites excluding steroid dienone is 1. The van der Waals surface area contributed by atoms with Crippen LogP contribution in [-0.4, -0.2) is 30.2 Å². The Morgan fingerprint density at radius 1 is 1.28 bits per heavy atom. The molecular formula is C22H26N2O4S. The molecule has 1 heterocycles. The minimum atomic E-state index is -0.505. The number of rotatable bonds is 9. The highest BCUT2D eigenvalue weighted by molar-refractivity contribution is 7.98. The van der Waals surface area contributed by atoms with Gasteiger partial charge in [0.1, 0.15) is 5.76 Å². The number of nitrogens with one attached hydrogen (secondary N) is 1. The lowest BCUT2D eigenvalue weighted by Crippen LogP contribution is -2.30. The van der Waals surface area contributed by atoms with Gasteiger partial charge in [0.15, 0.2) is 6.61 Å². The summed E-state index contributed by atoms with van der Waals surface area (Å²) < 4.78 is 10.3. The van der Waals surface area contributed by atoms with Gasteiger partial charge < -0.3 is 14.6 Å². The molecule has 1 aromatic heterocycles. The van der Waals surface area contributed by atoms with E-state index >= 15 is 0 Å². The molecule has 0 saturated carbocycles. The van der Waals surface area contributed by atoms with Crippen molar-refractivity contribution in [2.24, 2.45) is 0 Å². The Kier molecular flexibility index (Phi) is 7.93. The van der Waals surface area contributed by atoms with E-state index in [-0.39, 0.29) is 12.5 Å². The minimum Gasteiger partial charge on any atom is -0.452 e. The van der Waals surface area contributed by atoms with Crippen molar-refractivity contribution in [1.82, 2.24) is 10.5 Å². The fraction of sp³-hybridized carbons (Fsp3) is 0.409. The average molecular weight is 415 g/mol. The van der Waals surface area contributed by atoms with Gasteiger partial charge >= 0.3 is 5.97 Å². The zero-order chi connectivity index (χ0) is 20.5. The maximum Gasteiger partial charge on any atom is 0.339 e. The molecule has 0 aliphatic heterocycles. The van der Waals surface area contributed by atoms with E-state index in [0.717, 1.165) is 35.6 Å². The van der Waals surface area contributed by atoms with Crippen molar-refractivity contribution >= 4 is 23.6 Å². The molecule has 154 valence electrons. The van der Waals surface area contributed by atoms with Crippen LogP contribution in [0.2, 0.25) is 0 Å². The van der Waals surface area contributed by atoms with Gasteiger partial charge in [-0.15, -0.1) is 11.8 Å². The molecule has 3 rings (SSSR count). The van der Waals surface area contributed by atoms with Crippen molar-refractivity contribution < 1.29 is 18.8 Å². The Morgan fingerprint density at radius 2 is 2.14 bits per heavy atom. The van der Waals surface area contributed by atoms with E-state index in [0.29, 0.717) is 17.9 Å². The maximum absolute atomic E-state index is 12.4. The number of esters is 1. The van der Waals surface area contributed by atoms with Crippen LogP contribution in [0.25, 0.3) is 0 Å². The van der Waals surface area contributed by atoms with Crippen LogP contribution in [0.3, 0.4) is 0 Å². The lowest BCUT2D eigenvalue weighted by molar-refractivity contribution is -0.124. The molecule has 1 aliphatic rings. The third-order valence-electron chi connectivity index (χ3n) is 4.65. The van der Waals surface area contributed by atoms with Crippen LogP contribution in [-0.2, 0) is 15.3 Å². The van der Waals surface area contributed by atoms with Gasteiger partial charge in [-0.1, -0.05) is 28.9 Å². The molecule has 0 bridgehead atoms. The van der Waals surface area contributed by atoms with Crippen LogP contribution >= 0.6 is 11.8 Å². The van der Waals surface area contributed by atoms with Crippen LogP contribution in [0.1, 0.15) is 53.9 Å². The van der Waals surface area contributed by atoms with Gasteiger partial charge in [-0.3, -0.25) is 4.79 Å². The number of thioether (sulfide) groups is 1. The summed E-state index contributed by atoms with van der Waals surface area (Å²) in [6.07, 6.45) is 7.86. The van der Waals surface area contributed by atoms with Crippen LogP contribution in [0.5, 0.6) is 0 Å². The van der Waals surface area contributed by atoms with Gasteiger partial charge in [0.05, 0.1) is 11.3 Å². The number of carbonyl (C=O) groups excluding carboxylic acids is 2. The minimum absolute atomic E-state index is 0.278. The number of hydrogen-bond donors (Lipinski definition) is 1. The summed E-state index contributed by atoms with van der Waals surface area (Å²) in [7, 11) is 0. The molecule has 7 heteroatoms.